The standard InChI is InChI=1S/C14H19N5O/c1-9-8-10(2)19-14(15-9)17-12(18-19)13(20)16-11-6-4-3-5-7-11/h8,11H,3-7H2,1-2H3,(H,16,20). The summed E-state index contributed by atoms with van der Waals surface area (Å²) in [5.74, 6) is 0.493. The van der Waals surface area contributed by atoms with Crippen molar-refractivity contribution >= 4 is 11.7 Å². The van der Waals surface area contributed by atoms with Crippen LogP contribution in [-0.4, -0.2) is 31.5 Å². The quantitative estimate of drug-likeness (QED) is 0.905. The molecule has 0 saturated heterocycles. The van der Waals surface area contributed by atoms with Gasteiger partial charge in [0.25, 0.3) is 11.7 Å². The number of carbonyl (C=O) groups is 1. The molecule has 20 heavy (non-hydrogen) atoms. The fraction of sp³-hybridized carbons (Fsp3) is 0.571. The second kappa shape index (κ2) is 5.19. The molecular formula is C14H19N5O. The Kier molecular flexibility index (Phi) is 3.38. The predicted molar refractivity (Wildman–Crippen MR) is 74.6 cm³/mol. The SMILES string of the molecule is Cc1cc(C)n2nc(C(=O)NC3CCCCC3)nc2n1. The van der Waals surface area contributed by atoms with Gasteiger partial charge in [-0.25, -0.2) is 9.50 Å². The van der Waals surface area contributed by atoms with Gasteiger partial charge in [-0.2, -0.15) is 4.98 Å². The summed E-state index contributed by atoms with van der Waals surface area (Å²) >= 11 is 0. The fourth-order valence-corrected chi connectivity index (χ4v) is 2.76. The molecule has 0 aliphatic heterocycles. The first kappa shape index (κ1) is 13.0. The number of nitrogens with zero attached hydrogens (tertiary/aromatic N) is 4. The van der Waals surface area contributed by atoms with Crippen LogP contribution in [0.1, 0.15) is 54.1 Å². The summed E-state index contributed by atoms with van der Waals surface area (Å²) in [7, 11) is 0. The minimum Gasteiger partial charge on any atom is -0.347 e. The van der Waals surface area contributed by atoms with Crippen LogP contribution in [0.5, 0.6) is 0 Å². The molecule has 0 atom stereocenters. The molecule has 1 fully saturated rings. The van der Waals surface area contributed by atoms with E-state index in [1.54, 1.807) is 4.52 Å². The second-order valence-electron chi connectivity index (χ2n) is 5.49. The molecule has 106 valence electrons. The Balaban J connectivity index is 1.82. The first-order valence-electron chi connectivity index (χ1n) is 7.15. The summed E-state index contributed by atoms with van der Waals surface area (Å²) in [4.78, 5) is 20.7. The lowest BCUT2D eigenvalue weighted by Crippen LogP contribution is -2.36. The van der Waals surface area contributed by atoms with Gasteiger partial charge >= 0.3 is 0 Å². The minimum atomic E-state index is -0.195. The normalized spacial score (nSPS) is 16.5. The third-order valence-corrected chi connectivity index (χ3v) is 3.76. The highest BCUT2D eigenvalue weighted by Crippen LogP contribution is 2.17. The van der Waals surface area contributed by atoms with Crippen molar-refractivity contribution in [3.63, 3.8) is 0 Å². The van der Waals surface area contributed by atoms with Crippen LogP contribution in [0.15, 0.2) is 6.07 Å². The van der Waals surface area contributed by atoms with E-state index in [4.69, 9.17) is 0 Å². The summed E-state index contributed by atoms with van der Waals surface area (Å²) in [5.41, 5.74) is 1.80. The zero-order chi connectivity index (χ0) is 14.1. The molecule has 0 aromatic carbocycles. The number of hydrogen-bond acceptors (Lipinski definition) is 4. The molecule has 2 aromatic rings. The molecule has 0 unspecified atom stereocenters. The Labute approximate surface area is 117 Å². The van der Waals surface area contributed by atoms with Gasteiger partial charge < -0.3 is 5.32 Å². The maximum Gasteiger partial charge on any atom is 0.291 e. The first-order valence-corrected chi connectivity index (χ1v) is 7.15. The number of fused-ring (bicyclic) bond motifs is 1. The third kappa shape index (κ3) is 2.50. The number of aryl methyl sites for hydroxylation is 2. The van der Waals surface area contributed by atoms with Crippen molar-refractivity contribution in [1.29, 1.82) is 0 Å². The Morgan fingerprint density at radius 3 is 2.75 bits per heavy atom. The van der Waals surface area contributed by atoms with Crippen LogP contribution < -0.4 is 5.32 Å². The Morgan fingerprint density at radius 2 is 2.00 bits per heavy atom. The highest BCUT2D eigenvalue weighted by Gasteiger charge is 2.20. The van der Waals surface area contributed by atoms with E-state index in [1.165, 1.54) is 19.3 Å². The van der Waals surface area contributed by atoms with Gasteiger partial charge in [0.1, 0.15) is 0 Å². The molecule has 6 nitrogen and oxygen atoms in total. The van der Waals surface area contributed by atoms with E-state index in [0.29, 0.717) is 5.78 Å². The molecule has 1 aliphatic carbocycles. The lowest BCUT2D eigenvalue weighted by molar-refractivity contribution is 0.0917. The van der Waals surface area contributed by atoms with Crippen LogP contribution >= 0.6 is 0 Å². The van der Waals surface area contributed by atoms with Crippen LogP contribution in [0, 0.1) is 13.8 Å². The molecule has 3 rings (SSSR count). The van der Waals surface area contributed by atoms with Gasteiger partial charge in [-0.15, -0.1) is 5.10 Å². The molecule has 2 heterocycles. The Hall–Kier alpha value is -1.98. The molecule has 6 heteroatoms. The van der Waals surface area contributed by atoms with E-state index < -0.39 is 0 Å². The van der Waals surface area contributed by atoms with Crippen LogP contribution in [0.25, 0.3) is 5.78 Å². The van der Waals surface area contributed by atoms with Crippen molar-refractivity contribution in [2.75, 3.05) is 0 Å². The molecule has 1 amide bonds. The molecule has 0 radical (unpaired) electrons. The van der Waals surface area contributed by atoms with Crippen molar-refractivity contribution in [1.82, 2.24) is 24.9 Å². The van der Waals surface area contributed by atoms with Gasteiger partial charge in [-0.1, -0.05) is 19.3 Å². The highest BCUT2D eigenvalue weighted by molar-refractivity contribution is 5.91. The average Bonchev–Trinajstić information content (AvgIpc) is 2.84. The summed E-state index contributed by atoms with van der Waals surface area (Å²) in [6.07, 6.45) is 5.74. The first-order chi connectivity index (χ1) is 9.63. The fourth-order valence-electron chi connectivity index (χ4n) is 2.76. The van der Waals surface area contributed by atoms with Crippen molar-refractivity contribution in [2.24, 2.45) is 0 Å². The van der Waals surface area contributed by atoms with E-state index in [0.717, 1.165) is 24.2 Å². The molecule has 1 N–H and O–H groups in total. The summed E-state index contributed by atoms with van der Waals surface area (Å²) in [6, 6.07) is 2.18. The molecule has 1 aliphatic rings. The number of hydrogen-bond donors (Lipinski definition) is 1. The number of rotatable bonds is 2. The van der Waals surface area contributed by atoms with Crippen LogP contribution in [0.2, 0.25) is 0 Å². The third-order valence-electron chi connectivity index (χ3n) is 3.76. The van der Waals surface area contributed by atoms with Gasteiger partial charge in [0.2, 0.25) is 5.82 Å². The Bertz CT molecular complexity index is 642. The van der Waals surface area contributed by atoms with Gasteiger partial charge in [0.15, 0.2) is 0 Å². The summed E-state index contributed by atoms with van der Waals surface area (Å²) in [6.45, 7) is 3.84. The van der Waals surface area contributed by atoms with Gasteiger partial charge in [-0.3, -0.25) is 4.79 Å². The lowest BCUT2D eigenvalue weighted by Gasteiger charge is -2.21. The van der Waals surface area contributed by atoms with Crippen molar-refractivity contribution in [2.45, 2.75) is 52.0 Å². The molecule has 0 spiro atoms. The van der Waals surface area contributed by atoms with E-state index in [2.05, 4.69) is 20.4 Å². The summed E-state index contributed by atoms with van der Waals surface area (Å²) in [5, 5.41) is 7.27. The largest absolute Gasteiger partial charge is 0.347 e. The average molecular weight is 273 g/mol. The molecule has 1 saturated carbocycles. The van der Waals surface area contributed by atoms with E-state index in [9.17, 15) is 4.79 Å². The van der Waals surface area contributed by atoms with Gasteiger partial charge in [0.05, 0.1) is 0 Å². The van der Waals surface area contributed by atoms with Gasteiger partial charge in [-0.05, 0) is 32.8 Å². The number of carbonyl (C=O) groups excluding carboxylic acids is 1. The second-order valence-corrected chi connectivity index (χ2v) is 5.49. The van der Waals surface area contributed by atoms with Crippen LogP contribution in [-0.2, 0) is 0 Å². The van der Waals surface area contributed by atoms with Gasteiger partial charge in [0, 0.05) is 17.4 Å². The molecule has 2 aromatic heterocycles. The monoisotopic (exact) mass is 273 g/mol. The molecule has 0 bridgehead atoms. The van der Waals surface area contributed by atoms with Crippen LogP contribution in [0.3, 0.4) is 0 Å². The van der Waals surface area contributed by atoms with E-state index in [1.807, 2.05) is 19.9 Å². The van der Waals surface area contributed by atoms with Crippen LogP contribution in [0.4, 0.5) is 0 Å². The zero-order valence-electron chi connectivity index (χ0n) is 11.9. The number of aromatic nitrogens is 4. The highest BCUT2D eigenvalue weighted by atomic mass is 16.2. The summed E-state index contributed by atoms with van der Waals surface area (Å²) < 4.78 is 1.61. The minimum absolute atomic E-state index is 0.195. The smallest absolute Gasteiger partial charge is 0.291 e. The number of amides is 1. The predicted octanol–water partition coefficient (Wildman–Crippen LogP) is 1.80. The van der Waals surface area contributed by atoms with E-state index in [-0.39, 0.29) is 17.8 Å². The van der Waals surface area contributed by atoms with Crippen molar-refractivity contribution in [3.8, 4) is 0 Å². The number of nitrogens with one attached hydrogen (secondary N) is 1. The van der Waals surface area contributed by atoms with E-state index >= 15 is 0 Å². The maximum absolute atomic E-state index is 12.2. The van der Waals surface area contributed by atoms with Crippen molar-refractivity contribution < 1.29 is 4.79 Å². The Morgan fingerprint density at radius 1 is 1.25 bits per heavy atom. The van der Waals surface area contributed by atoms with Crippen molar-refractivity contribution in [3.05, 3.63) is 23.3 Å². The molecular weight excluding hydrogens is 254 g/mol. The topological polar surface area (TPSA) is 72.2 Å². The zero-order valence-corrected chi connectivity index (χ0v) is 11.9. The lowest BCUT2D eigenvalue weighted by atomic mass is 9.95. The maximum atomic E-state index is 12.2.